The number of aliphatic hydroxyl groups is 1. The molecule has 39 heavy (non-hydrogen) atoms. The minimum absolute atomic E-state index is 0.0449. The quantitative estimate of drug-likeness (QED) is 0.157. The van der Waals surface area contributed by atoms with Crippen LogP contribution in [0.1, 0.15) is 69.2 Å². The number of Topliss-reactive ketones (excluding diaryl/α,β-unsaturated/α-hetero) is 1. The maximum atomic E-state index is 13.4. The first-order chi connectivity index (χ1) is 18.9. The van der Waals surface area contributed by atoms with E-state index >= 15 is 0 Å². The lowest BCUT2D eigenvalue weighted by atomic mass is 9.94. The maximum Gasteiger partial charge on any atom is 0.295 e. The van der Waals surface area contributed by atoms with Gasteiger partial charge in [-0.05, 0) is 68.1 Å². The Kier molecular flexibility index (Phi) is 9.51. The highest BCUT2D eigenvalue weighted by molar-refractivity contribution is 6.46. The van der Waals surface area contributed by atoms with Gasteiger partial charge in [0.15, 0.2) is 11.5 Å². The Morgan fingerprint density at radius 3 is 2.59 bits per heavy atom. The van der Waals surface area contributed by atoms with Crippen molar-refractivity contribution in [1.29, 1.82) is 0 Å². The molecular weight excluding hydrogens is 498 g/mol. The average Bonchev–Trinajstić information content (AvgIpc) is 3.42. The normalized spacial score (nSPS) is 19.7. The van der Waals surface area contributed by atoms with E-state index in [0.29, 0.717) is 61.8 Å². The predicted molar refractivity (Wildman–Crippen MR) is 148 cm³/mol. The highest BCUT2D eigenvalue weighted by Crippen LogP contribution is 2.43. The maximum absolute atomic E-state index is 13.4. The topological polar surface area (TPSA) is 94.5 Å². The Labute approximate surface area is 230 Å². The second-order valence-corrected chi connectivity index (χ2v) is 9.99. The number of ether oxygens (including phenoxy) is 4. The van der Waals surface area contributed by atoms with Gasteiger partial charge in [-0.3, -0.25) is 9.59 Å². The van der Waals surface area contributed by atoms with Gasteiger partial charge in [0, 0.05) is 32.2 Å². The Morgan fingerprint density at radius 1 is 1.03 bits per heavy atom. The van der Waals surface area contributed by atoms with Crippen molar-refractivity contribution >= 4 is 17.4 Å². The molecule has 1 saturated heterocycles. The molecule has 0 unspecified atom stereocenters. The van der Waals surface area contributed by atoms with Crippen LogP contribution in [-0.4, -0.2) is 61.3 Å². The zero-order valence-electron chi connectivity index (χ0n) is 23.3. The molecule has 210 valence electrons. The number of carbonyl (C=O) groups excluding carboxylic acids is 2. The molecule has 1 fully saturated rings. The largest absolute Gasteiger partial charge is 0.507 e. The molecule has 2 aliphatic heterocycles. The van der Waals surface area contributed by atoms with E-state index in [1.165, 1.54) is 4.90 Å². The zero-order chi connectivity index (χ0) is 27.9. The van der Waals surface area contributed by atoms with E-state index in [-0.39, 0.29) is 17.4 Å². The summed E-state index contributed by atoms with van der Waals surface area (Å²) in [5, 5.41) is 11.5. The molecule has 1 amide bonds. The van der Waals surface area contributed by atoms with Crippen LogP contribution < -0.4 is 14.2 Å². The van der Waals surface area contributed by atoms with Crippen molar-refractivity contribution in [3.8, 4) is 17.2 Å². The molecule has 2 aromatic carbocycles. The Balaban J connectivity index is 1.76. The third kappa shape index (κ3) is 6.22. The summed E-state index contributed by atoms with van der Waals surface area (Å²) in [7, 11) is 1.59. The van der Waals surface area contributed by atoms with E-state index in [1.54, 1.807) is 19.2 Å². The monoisotopic (exact) mass is 537 g/mol. The first kappa shape index (κ1) is 28.5. The van der Waals surface area contributed by atoms with E-state index in [1.807, 2.05) is 38.1 Å². The standard InChI is InChI=1S/C31H39NO7/c1-5-7-8-16-38-25-13-10-21(19-26(25)37-6-2)28-27(30(34)31(35)32(28)14-9-15-36-4)29(33)22-11-12-24-23(18-22)17-20(3)39-24/h10-13,18-20,28,33H,5-9,14-17H2,1-4H3/t20-,28+/m1/s1. The first-order valence-corrected chi connectivity index (χ1v) is 13.9. The summed E-state index contributed by atoms with van der Waals surface area (Å²) in [6, 6.07) is 10.0. The van der Waals surface area contributed by atoms with Crippen LogP contribution in [0.25, 0.3) is 5.76 Å². The average molecular weight is 538 g/mol. The van der Waals surface area contributed by atoms with Crippen molar-refractivity contribution < 1.29 is 33.6 Å². The van der Waals surface area contributed by atoms with Gasteiger partial charge in [-0.1, -0.05) is 25.8 Å². The number of carbonyl (C=O) groups is 2. The zero-order valence-corrected chi connectivity index (χ0v) is 23.3. The van der Waals surface area contributed by atoms with Gasteiger partial charge >= 0.3 is 0 Å². The summed E-state index contributed by atoms with van der Waals surface area (Å²) in [4.78, 5) is 28.2. The van der Waals surface area contributed by atoms with Gasteiger partial charge in [-0.15, -0.1) is 0 Å². The van der Waals surface area contributed by atoms with Crippen LogP contribution in [0, 0.1) is 0 Å². The van der Waals surface area contributed by atoms with Gasteiger partial charge in [-0.2, -0.15) is 0 Å². The summed E-state index contributed by atoms with van der Waals surface area (Å²) < 4.78 is 22.9. The number of aliphatic hydroxyl groups excluding tert-OH is 1. The molecule has 0 bridgehead atoms. The van der Waals surface area contributed by atoms with Gasteiger partial charge < -0.3 is 29.0 Å². The molecule has 2 aromatic rings. The molecule has 4 rings (SSSR count). The van der Waals surface area contributed by atoms with Gasteiger partial charge in [0.05, 0.1) is 24.8 Å². The van der Waals surface area contributed by atoms with E-state index in [2.05, 4.69) is 6.92 Å². The molecule has 0 radical (unpaired) electrons. The van der Waals surface area contributed by atoms with Crippen LogP contribution in [0.3, 0.4) is 0 Å². The van der Waals surface area contributed by atoms with Gasteiger partial charge in [0.25, 0.3) is 11.7 Å². The van der Waals surface area contributed by atoms with Crippen LogP contribution in [0.2, 0.25) is 0 Å². The van der Waals surface area contributed by atoms with Crippen LogP contribution in [0.15, 0.2) is 42.0 Å². The fourth-order valence-electron chi connectivity index (χ4n) is 5.18. The Bertz CT molecular complexity index is 1220. The van der Waals surface area contributed by atoms with Crippen LogP contribution in [0.5, 0.6) is 17.2 Å². The SMILES string of the molecule is CCCCCOc1ccc([C@H]2C(=C(O)c3ccc4c(c3)C[C@@H](C)O4)C(=O)C(=O)N2CCCOC)cc1OCC. The number of hydrogen-bond donors (Lipinski definition) is 1. The summed E-state index contributed by atoms with van der Waals surface area (Å²) in [6.07, 6.45) is 4.41. The second kappa shape index (κ2) is 13.0. The molecular formula is C31H39NO7. The number of ketones is 1. The van der Waals surface area contributed by atoms with Crippen LogP contribution in [-0.2, 0) is 20.7 Å². The number of fused-ring (bicyclic) bond motifs is 1. The van der Waals surface area contributed by atoms with Crippen molar-refractivity contribution in [2.24, 2.45) is 0 Å². The predicted octanol–water partition coefficient (Wildman–Crippen LogP) is 5.44. The lowest BCUT2D eigenvalue weighted by molar-refractivity contribution is -0.140. The van der Waals surface area contributed by atoms with Crippen molar-refractivity contribution in [3.63, 3.8) is 0 Å². The minimum Gasteiger partial charge on any atom is -0.507 e. The number of methoxy groups -OCH3 is 1. The fraction of sp³-hybridized carbons (Fsp3) is 0.484. The van der Waals surface area contributed by atoms with Crippen molar-refractivity contribution in [2.45, 2.75) is 65.0 Å². The lowest BCUT2D eigenvalue weighted by Gasteiger charge is -2.26. The number of hydrogen-bond acceptors (Lipinski definition) is 7. The Hall–Kier alpha value is -3.52. The lowest BCUT2D eigenvalue weighted by Crippen LogP contribution is -2.31. The number of rotatable bonds is 13. The van der Waals surface area contributed by atoms with E-state index in [0.717, 1.165) is 30.6 Å². The molecule has 2 aliphatic rings. The second-order valence-electron chi connectivity index (χ2n) is 9.99. The molecule has 8 heteroatoms. The smallest absolute Gasteiger partial charge is 0.295 e. The summed E-state index contributed by atoms with van der Waals surface area (Å²) in [6.45, 7) is 7.76. The molecule has 0 aromatic heterocycles. The fourth-order valence-corrected chi connectivity index (χ4v) is 5.18. The molecule has 2 heterocycles. The summed E-state index contributed by atoms with van der Waals surface area (Å²) in [5.74, 6) is 0.365. The van der Waals surface area contributed by atoms with Crippen molar-refractivity contribution in [3.05, 3.63) is 58.7 Å². The number of unbranched alkanes of at least 4 members (excludes halogenated alkanes) is 2. The molecule has 0 spiro atoms. The summed E-state index contributed by atoms with van der Waals surface area (Å²) in [5.41, 5.74) is 2.16. The highest BCUT2D eigenvalue weighted by Gasteiger charge is 2.46. The molecule has 8 nitrogen and oxygen atoms in total. The number of likely N-dealkylation sites (tertiary alicyclic amines) is 1. The van der Waals surface area contributed by atoms with Crippen molar-refractivity contribution in [2.75, 3.05) is 33.5 Å². The first-order valence-electron chi connectivity index (χ1n) is 13.9. The number of amides is 1. The minimum atomic E-state index is -0.779. The molecule has 0 aliphatic carbocycles. The highest BCUT2D eigenvalue weighted by atomic mass is 16.5. The summed E-state index contributed by atoms with van der Waals surface area (Å²) >= 11 is 0. The third-order valence-corrected chi connectivity index (χ3v) is 7.05. The molecule has 2 atom stereocenters. The molecule has 0 saturated carbocycles. The van der Waals surface area contributed by atoms with Crippen molar-refractivity contribution in [1.82, 2.24) is 4.90 Å². The van der Waals surface area contributed by atoms with E-state index in [4.69, 9.17) is 18.9 Å². The van der Waals surface area contributed by atoms with E-state index < -0.39 is 17.7 Å². The molecule has 1 N–H and O–H groups in total. The van der Waals surface area contributed by atoms with Crippen LogP contribution in [0.4, 0.5) is 0 Å². The Morgan fingerprint density at radius 2 is 1.85 bits per heavy atom. The van der Waals surface area contributed by atoms with E-state index in [9.17, 15) is 14.7 Å². The third-order valence-electron chi connectivity index (χ3n) is 7.05. The van der Waals surface area contributed by atoms with Gasteiger partial charge in [-0.25, -0.2) is 0 Å². The van der Waals surface area contributed by atoms with Gasteiger partial charge in [0.2, 0.25) is 0 Å². The number of nitrogens with zero attached hydrogens (tertiary/aromatic N) is 1. The van der Waals surface area contributed by atoms with Crippen LogP contribution >= 0.6 is 0 Å². The van der Waals surface area contributed by atoms with Gasteiger partial charge in [0.1, 0.15) is 17.6 Å². The number of benzene rings is 2.